The van der Waals surface area contributed by atoms with Gasteiger partial charge in [0, 0.05) is 4.47 Å². The summed E-state index contributed by atoms with van der Waals surface area (Å²) in [7, 11) is 1.61. The lowest BCUT2D eigenvalue weighted by atomic mass is 10.00. The van der Waals surface area contributed by atoms with Crippen molar-refractivity contribution in [1.29, 1.82) is 5.26 Å². The van der Waals surface area contributed by atoms with Gasteiger partial charge in [0.05, 0.1) is 18.8 Å². The van der Waals surface area contributed by atoms with Gasteiger partial charge < -0.3 is 9.47 Å². The predicted molar refractivity (Wildman–Crippen MR) is 129 cm³/mol. The number of nitrogens with zero attached hydrogens (tertiary/aromatic N) is 1. The first-order valence-electron chi connectivity index (χ1n) is 9.82. The van der Waals surface area contributed by atoms with Crippen molar-refractivity contribution < 1.29 is 9.47 Å². The third-order valence-corrected chi connectivity index (χ3v) is 5.52. The van der Waals surface area contributed by atoms with Gasteiger partial charge in [-0.05, 0) is 63.9 Å². The van der Waals surface area contributed by atoms with Crippen molar-refractivity contribution >= 4 is 38.4 Å². The van der Waals surface area contributed by atoms with E-state index in [1.165, 1.54) is 0 Å². The number of methoxy groups -OCH3 is 1. The molecule has 0 aromatic heterocycles. The second kappa shape index (κ2) is 9.51. The minimum atomic E-state index is 0.444. The Bertz CT molecular complexity index is 1290. The van der Waals surface area contributed by atoms with E-state index in [1.54, 1.807) is 7.11 Å². The fourth-order valence-corrected chi connectivity index (χ4v) is 3.60. The third-order valence-electron chi connectivity index (χ3n) is 4.99. The summed E-state index contributed by atoms with van der Waals surface area (Å²) < 4.78 is 12.5. The highest BCUT2D eigenvalue weighted by atomic mass is 79.9. The van der Waals surface area contributed by atoms with Crippen molar-refractivity contribution in [2.75, 3.05) is 7.11 Å². The zero-order valence-corrected chi connectivity index (χ0v) is 18.6. The minimum Gasteiger partial charge on any atom is -0.493 e. The number of fused-ring (bicyclic) bond motifs is 1. The van der Waals surface area contributed by atoms with E-state index in [0.717, 1.165) is 31.9 Å². The predicted octanol–water partition coefficient (Wildman–Crippen LogP) is 7.25. The molecule has 4 aromatic carbocycles. The Balaban J connectivity index is 1.58. The van der Waals surface area contributed by atoms with Crippen LogP contribution in [0, 0.1) is 11.3 Å². The standard InChI is InChI=1S/C27H20BrNO2/c1-30-27-15-20(8-13-26(27)31-18-19-6-11-25(28)12-7-19)14-24(17-29)23-10-9-21-4-2-3-5-22(21)16-23/h2-16H,18H2,1H3/b24-14-. The van der Waals surface area contributed by atoms with Crippen LogP contribution in [0.25, 0.3) is 22.4 Å². The Hall–Kier alpha value is -3.55. The average Bonchev–Trinajstić information content (AvgIpc) is 2.82. The van der Waals surface area contributed by atoms with Gasteiger partial charge in [-0.1, -0.05) is 70.5 Å². The zero-order valence-electron chi connectivity index (χ0n) is 17.0. The van der Waals surface area contributed by atoms with Crippen LogP contribution in [0.1, 0.15) is 16.7 Å². The summed E-state index contributed by atoms with van der Waals surface area (Å²) in [5.41, 5.74) is 3.42. The molecule has 0 fully saturated rings. The normalized spacial score (nSPS) is 11.2. The molecule has 31 heavy (non-hydrogen) atoms. The molecule has 0 N–H and O–H groups in total. The van der Waals surface area contributed by atoms with E-state index in [9.17, 15) is 5.26 Å². The SMILES string of the molecule is COc1cc(/C=C(/C#N)c2ccc3ccccc3c2)ccc1OCc1ccc(Br)cc1. The first kappa shape index (κ1) is 20.7. The molecule has 3 nitrogen and oxygen atoms in total. The molecule has 0 aliphatic heterocycles. The smallest absolute Gasteiger partial charge is 0.161 e. The molecular formula is C27H20BrNO2. The summed E-state index contributed by atoms with van der Waals surface area (Å²) in [6.45, 7) is 0.444. The number of ether oxygens (including phenoxy) is 2. The molecule has 0 heterocycles. The van der Waals surface area contributed by atoms with Gasteiger partial charge in [-0.2, -0.15) is 5.26 Å². The summed E-state index contributed by atoms with van der Waals surface area (Å²) in [6, 6.07) is 30.2. The van der Waals surface area contributed by atoms with E-state index in [0.29, 0.717) is 23.7 Å². The number of rotatable bonds is 6. The second-order valence-corrected chi connectivity index (χ2v) is 7.97. The van der Waals surface area contributed by atoms with Crippen LogP contribution in [0.4, 0.5) is 0 Å². The highest BCUT2D eigenvalue weighted by Gasteiger charge is 2.08. The van der Waals surface area contributed by atoms with E-state index in [1.807, 2.05) is 78.9 Å². The zero-order chi connectivity index (χ0) is 21.6. The van der Waals surface area contributed by atoms with Crippen LogP contribution in [0.3, 0.4) is 0 Å². The maximum absolute atomic E-state index is 9.75. The lowest BCUT2D eigenvalue weighted by molar-refractivity contribution is 0.284. The van der Waals surface area contributed by atoms with E-state index in [-0.39, 0.29) is 0 Å². The van der Waals surface area contributed by atoms with E-state index >= 15 is 0 Å². The maximum Gasteiger partial charge on any atom is 0.161 e. The first-order chi connectivity index (χ1) is 15.2. The Labute approximate surface area is 190 Å². The van der Waals surface area contributed by atoms with Gasteiger partial charge in [-0.15, -0.1) is 0 Å². The highest BCUT2D eigenvalue weighted by Crippen LogP contribution is 2.31. The molecule has 4 heteroatoms. The van der Waals surface area contributed by atoms with E-state index in [4.69, 9.17) is 9.47 Å². The molecule has 0 amide bonds. The largest absolute Gasteiger partial charge is 0.493 e. The second-order valence-electron chi connectivity index (χ2n) is 7.06. The maximum atomic E-state index is 9.75. The molecule has 0 radical (unpaired) electrons. The molecule has 0 spiro atoms. The van der Waals surface area contributed by atoms with Gasteiger partial charge in [0.2, 0.25) is 0 Å². The number of benzene rings is 4. The van der Waals surface area contributed by atoms with Gasteiger partial charge in [0.15, 0.2) is 11.5 Å². The Kier molecular flexibility index (Phi) is 6.35. The lowest BCUT2D eigenvalue weighted by Gasteiger charge is -2.12. The van der Waals surface area contributed by atoms with Crippen molar-refractivity contribution in [2.45, 2.75) is 6.61 Å². The van der Waals surface area contributed by atoms with Crippen LogP contribution in [0.2, 0.25) is 0 Å². The summed E-state index contributed by atoms with van der Waals surface area (Å²) in [5.74, 6) is 1.29. The number of allylic oxidation sites excluding steroid dienone is 1. The van der Waals surface area contributed by atoms with E-state index < -0.39 is 0 Å². The molecular weight excluding hydrogens is 450 g/mol. The molecule has 0 unspecified atom stereocenters. The van der Waals surface area contributed by atoms with Crippen molar-refractivity contribution in [3.8, 4) is 17.6 Å². The Morgan fingerprint density at radius 2 is 1.68 bits per heavy atom. The van der Waals surface area contributed by atoms with Gasteiger partial charge in [0.1, 0.15) is 6.61 Å². The first-order valence-corrected chi connectivity index (χ1v) is 10.6. The van der Waals surface area contributed by atoms with Crippen molar-refractivity contribution in [1.82, 2.24) is 0 Å². The average molecular weight is 470 g/mol. The topological polar surface area (TPSA) is 42.2 Å². The summed E-state index contributed by atoms with van der Waals surface area (Å²) >= 11 is 3.44. The number of hydrogen-bond donors (Lipinski definition) is 0. The minimum absolute atomic E-state index is 0.444. The summed E-state index contributed by atoms with van der Waals surface area (Å²) in [6.07, 6.45) is 1.87. The molecule has 0 aliphatic carbocycles. The van der Waals surface area contributed by atoms with E-state index in [2.05, 4.69) is 34.1 Å². The third kappa shape index (κ3) is 4.96. The van der Waals surface area contributed by atoms with Crippen LogP contribution in [-0.4, -0.2) is 7.11 Å². The molecule has 0 bridgehead atoms. The fourth-order valence-electron chi connectivity index (χ4n) is 3.34. The van der Waals surface area contributed by atoms with Gasteiger partial charge in [-0.3, -0.25) is 0 Å². The highest BCUT2D eigenvalue weighted by molar-refractivity contribution is 9.10. The number of nitriles is 1. The number of halogens is 1. The molecule has 0 atom stereocenters. The molecule has 0 saturated carbocycles. The van der Waals surface area contributed by atoms with Crippen LogP contribution in [-0.2, 0) is 6.61 Å². The van der Waals surface area contributed by atoms with Gasteiger partial charge in [-0.25, -0.2) is 0 Å². The fraction of sp³-hybridized carbons (Fsp3) is 0.0741. The summed E-state index contributed by atoms with van der Waals surface area (Å²) in [5, 5.41) is 12.0. The molecule has 152 valence electrons. The van der Waals surface area contributed by atoms with Crippen LogP contribution < -0.4 is 9.47 Å². The quantitative estimate of drug-likeness (QED) is 0.220. The lowest BCUT2D eigenvalue weighted by Crippen LogP contribution is -1.98. The van der Waals surface area contributed by atoms with Crippen molar-refractivity contribution in [3.63, 3.8) is 0 Å². The van der Waals surface area contributed by atoms with Crippen LogP contribution in [0.15, 0.2) is 89.4 Å². The summed E-state index contributed by atoms with van der Waals surface area (Å²) in [4.78, 5) is 0. The molecule has 0 saturated heterocycles. The van der Waals surface area contributed by atoms with Gasteiger partial charge >= 0.3 is 0 Å². The Morgan fingerprint density at radius 3 is 2.42 bits per heavy atom. The van der Waals surface area contributed by atoms with Crippen molar-refractivity contribution in [3.05, 3.63) is 106 Å². The van der Waals surface area contributed by atoms with Crippen LogP contribution >= 0.6 is 15.9 Å². The van der Waals surface area contributed by atoms with Crippen LogP contribution in [0.5, 0.6) is 11.5 Å². The molecule has 4 aromatic rings. The van der Waals surface area contributed by atoms with Gasteiger partial charge in [0.25, 0.3) is 0 Å². The molecule has 0 aliphatic rings. The Morgan fingerprint density at radius 1 is 0.903 bits per heavy atom. The molecule has 4 rings (SSSR count). The number of hydrogen-bond acceptors (Lipinski definition) is 3. The van der Waals surface area contributed by atoms with Crippen molar-refractivity contribution in [2.24, 2.45) is 0 Å². The monoisotopic (exact) mass is 469 g/mol.